The molecule has 2 aromatic rings. The fourth-order valence-electron chi connectivity index (χ4n) is 1.74. The van der Waals surface area contributed by atoms with Gasteiger partial charge in [-0.15, -0.1) is 10.2 Å². The van der Waals surface area contributed by atoms with Gasteiger partial charge in [0.25, 0.3) is 5.56 Å². The standard InChI is InChI=1S/C11H7N5O2/c17-9(10-13-15-16-14-10)7-5-6-3-1-2-4-8(6)12-11(7)18/h1-5,10H,(H,12,18). The van der Waals surface area contributed by atoms with Crippen LogP contribution in [-0.2, 0) is 0 Å². The van der Waals surface area contributed by atoms with E-state index in [0.29, 0.717) is 5.52 Å². The van der Waals surface area contributed by atoms with Crippen molar-refractivity contribution >= 4 is 16.7 Å². The molecule has 0 radical (unpaired) electrons. The van der Waals surface area contributed by atoms with Gasteiger partial charge in [0, 0.05) is 5.52 Å². The lowest BCUT2D eigenvalue weighted by atomic mass is 10.1. The Bertz CT molecular complexity index is 734. The lowest BCUT2D eigenvalue weighted by Gasteiger charge is -2.02. The van der Waals surface area contributed by atoms with Crippen molar-refractivity contribution < 1.29 is 4.79 Å². The Labute approximate surface area is 100 Å². The first kappa shape index (κ1) is 10.5. The van der Waals surface area contributed by atoms with E-state index in [1.807, 2.05) is 6.07 Å². The second-order valence-corrected chi connectivity index (χ2v) is 3.75. The van der Waals surface area contributed by atoms with Crippen molar-refractivity contribution in [2.24, 2.45) is 20.7 Å². The number of rotatable bonds is 2. The van der Waals surface area contributed by atoms with Crippen LogP contribution in [0.4, 0.5) is 0 Å². The molecule has 0 saturated heterocycles. The monoisotopic (exact) mass is 241 g/mol. The molecule has 18 heavy (non-hydrogen) atoms. The van der Waals surface area contributed by atoms with Crippen molar-refractivity contribution in [2.75, 3.05) is 0 Å². The van der Waals surface area contributed by atoms with Crippen LogP contribution in [0.3, 0.4) is 0 Å². The molecular formula is C11H7N5O2. The van der Waals surface area contributed by atoms with E-state index >= 15 is 0 Å². The number of hydrogen-bond donors (Lipinski definition) is 1. The SMILES string of the molecule is O=C(c1cc2ccccc2[nH]c1=O)C1N=NN=N1. The molecule has 7 nitrogen and oxygen atoms in total. The van der Waals surface area contributed by atoms with E-state index in [2.05, 4.69) is 25.7 Å². The highest BCUT2D eigenvalue weighted by atomic mass is 16.1. The number of aromatic nitrogens is 1. The molecule has 0 aliphatic carbocycles. The summed E-state index contributed by atoms with van der Waals surface area (Å²) in [5, 5.41) is 14.3. The van der Waals surface area contributed by atoms with Gasteiger partial charge in [-0.05, 0) is 28.0 Å². The van der Waals surface area contributed by atoms with Crippen molar-refractivity contribution in [3.8, 4) is 0 Å². The van der Waals surface area contributed by atoms with Crippen LogP contribution in [0.5, 0.6) is 0 Å². The van der Waals surface area contributed by atoms with Crippen LogP contribution in [0.2, 0.25) is 0 Å². The average molecular weight is 241 g/mol. The number of pyridine rings is 1. The predicted octanol–water partition coefficient (Wildman–Crippen LogP) is 1.87. The molecule has 1 aliphatic heterocycles. The van der Waals surface area contributed by atoms with Gasteiger partial charge in [-0.3, -0.25) is 9.59 Å². The molecule has 0 spiro atoms. The highest BCUT2D eigenvalue weighted by Gasteiger charge is 2.24. The molecule has 0 atom stereocenters. The summed E-state index contributed by atoms with van der Waals surface area (Å²) in [6.45, 7) is 0. The first-order valence-electron chi connectivity index (χ1n) is 5.22. The van der Waals surface area contributed by atoms with Crippen molar-refractivity contribution in [3.63, 3.8) is 0 Å². The second-order valence-electron chi connectivity index (χ2n) is 3.75. The summed E-state index contributed by atoms with van der Waals surface area (Å²) in [6, 6.07) is 8.72. The van der Waals surface area contributed by atoms with E-state index in [0.717, 1.165) is 5.39 Å². The van der Waals surface area contributed by atoms with E-state index in [9.17, 15) is 9.59 Å². The maximum Gasteiger partial charge on any atom is 0.259 e. The normalized spacial score (nSPS) is 14.4. The highest BCUT2D eigenvalue weighted by molar-refractivity contribution is 6.02. The van der Waals surface area contributed by atoms with Gasteiger partial charge in [0.2, 0.25) is 11.9 Å². The second kappa shape index (κ2) is 3.95. The Balaban J connectivity index is 2.14. The number of nitrogens with one attached hydrogen (secondary N) is 1. The fourth-order valence-corrected chi connectivity index (χ4v) is 1.74. The van der Waals surface area contributed by atoms with Gasteiger partial charge in [-0.1, -0.05) is 18.2 Å². The van der Waals surface area contributed by atoms with E-state index in [-0.39, 0.29) is 5.56 Å². The largest absolute Gasteiger partial charge is 0.321 e. The molecule has 1 aromatic heterocycles. The van der Waals surface area contributed by atoms with Gasteiger partial charge in [0.1, 0.15) is 0 Å². The van der Waals surface area contributed by atoms with Crippen LogP contribution < -0.4 is 5.56 Å². The number of para-hydroxylation sites is 1. The first-order chi connectivity index (χ1) is 8.75. The van der Waals surface area contributed by atoms with E-state index in [4.69, 9.17) is 0 Å². The molecule has 0 unspecified atom stereocenters. The van der Waals surface area contributed by atoms with Gasteiger partial charge < -0.3 is 4.98 Å². The summed E-state index contributed by atoms with van der Waals surface area (Å²) < 4.78 is 0. The van der Waals surface area contributed by atoms with Crippen LogP contribution in [0.25, 0.3) is 10.9 Å². The summed E-state index contributed by atoms with van der Waals surface area (Å²) >= 11 is 0. The zero-order valence-corrected chi connectivity index (χ0v) is 9.07. The van der Waals surface area contributed by atoms with Crippen molar-refractivity contribution in [2.45, 2.75) is 6.17 Å². The van der Waals surface area contributed by atoms with Crippen LogP contribution in [0.1, 0.15) is 10.4 Å². The molecule has 7 heteroatoms. The van der Waals surface area contributed by atoms with Gasteiger partial charge in [0.15, 0.2) is 0 Å². The third kappa shape index (κ3) is 1.61. The van der Waals surface area contributed by atoms with E-state index in [1.54, 1.807) is 18.2 Å². The predicted molar refractivity (Wildman–Crippen MR) is 62.4 cm³/mol. The summed E-state index contributed by atoms with van der Waals surface area (Å²) in [6.07, 6.45) is -1.03. The molecule has 0 amide bonds. The number of carbonyl (C=O) groups excluding carboxylic acids is 1. The topological polar surface area (TPSA) is 99.4 Å². The Morgan fingerprint density at radius 3 is 2.67 bits per heavy atom. The smallest absolute Gasteiger partial charge is 0.259 e. The summed E-state index contributed by atoms with van der Waals surface area (Å²) in [5.74, 6) is -0.507. The van der Waals surface area contributed by atoms with Gasteiger partial charge in [-0.2, -0.15) is 0 Å². The van der Waals surface area contributed by atoms with Crippen molar-refractivity contribution in [1.29, 1.82) is 0 Å². The van der Waals surface area contributed by atoms with Gasteiger partial charge >= 0.3 is 0 Å². The minimum Gasteiger partial charge on any atom is -0.321 e. The number of Topliss-reactive ketones (excluding diaryl/α,β-unsaturated/α-hetero) is 1. The van der Waals surface area contributed by atoms with Crippen molar-refractivity contribution in [1.82, 2.24) is 4.98 Å². The molecule has 1 N–H and O–H groups in total. The van der Waals surface area contributed by atoms with E-state index in [1.165, 1.54) is 6.07 Å². The zero-order valence-electron chi connectivity index (χ0n) is 9.07. The molecule has 3 rings (SSSR count). The fraction of sp³-hybridized carbons (Fsp3) is 0.0909. The molecular weight excluding hydrogens is 234 g/mol. The Kier molecular flexibility index (Phi) is 2.30. The summed E-state index contributed by atoms with van der Waals surface area (Å²) in [4.78, 5) is 26.4. The number of carbonyl (C=O) groups is 1. The van der Waals surface area contributed by atoms with Crippen LogP contribution in [-0.4, -0.2) is 16.9 Å². The Morgan fingerprint density at radius 2 is 1.89 bits per heavy atom. The molecule has 1 aliphatic rings. The third-order valence-electron chi connectivity index (χ3n) is 2.62. The highest BCUT2D eigenvalue weighted by Crippen LogP contribution is 2.14. The minimum atomic E-state index is -1.03. The quantitative estimate of drug-likeness (QED) is 0.811. The molecule has 2 heterocycles. The first-order valence-corrected chi connectivity index (χ1v) is 5.22. The number of hydrogen-bond acceptors (Lipinski definition) is 6. The third-order valence-corrected chi connectivity index (χ3v) is 2.62. The molecule has 1 aromatic carbocycles. The minimum absolute atomic E-state index is 0.0125. The summed E-state index contributed by atoms with van der Waals surface area (Å²) in [7, 11) is 0. The number of H-pyrrole nitrogens is 1. The lowest BCUT2D eigenvalue weighted by Crippen LogP contribution is -2.24. The molecule has 0 fully saturated rings. The van der Waals surface area contributed by atoms with Gasteiger partial charge in [-0.25, -0.2) is 0 Å². The lowest BCUT2D eigenvalue weighted by molar-refractivity contribution is 0.0963. The molecule has 0 saturated carbocycles. The maximum atomic E-state index is 12.0. The van der Waals surface area contributed by atoms with Crippen LogP contribution in [0.15, 0.2) is 55.8 Å². The number of ketones is 1. The Hall–Kier alpha value is -2.70. The molecule has 88 valence electrons. The maximum absolute atomic E-state index is 12.0. The zero-order chi connectivity index (χ0) is 12.5. The van der Waals surface area contributed by atoms with Crippen molar-refractivity contribution in [3.05, 3.63) is 46.2 Å². The number of nitrogens with zero attached hydrogens (tertiary/aromatic N) is 4. The number of benzene rings is 1. The molecule has 0 bridgehead atoms. The number of fused-ring (bicyclic) bond motifs is 1. The number of aromatic amines is 1. The summed E-state index contributed by atoms with van der Waals surface area (Å²) in [5.41, 5.74) is 0.225. The van der Waals surface area contributed by atoms with E-state index < -0.39 is 17.5 Å². The van der Waals surface area contributed by atoms with Crippen LogP contribution >= 0.6 is 0 Å². The Morgan fingerprint density at radius 1 is 1.17 bits per heavy atom. The van der Waals surface area contributed by atoms with Crippen LogP contribution in [0, 0.1) is 0 Å². The van der Waals surface area contributed by atoms with Gasteiger partial charge in [0.05, 0.1) is 5.56 Å². The average Bonchev–Trinajstić information content (AvgIpc) is 2.91.